The molecule has 2 aromatic rings. The number of rotatable bonds is 4. The number of hydrogen-bond donors (Lipinski definition) is 1. The molecule has 1 aromatic heterocycles. The van der Waals surface area contributed by atoms with Crippen LogP contribution in [-0.2, 0) is 0 Å². The summed E-state index contributed by atoms with van der Waals surface area (Å²) in [5, 5.41) is 6.86. The van der Waals surface area contributed by atoms with Crippen LogP contribution >= 0.6 is 0 Å². The lowest BCUT2D eigenvalue weighted by Crippen LogP contribution is -2.01. The van der Waals surface area contributed by atoms with Crippen molar-refractivity contribution in [3.05, 3.63) is 30.1 Å². The molecule has 0 atom stereocenters. The summed E-state index contributed by atoms with van der Waals surface area (Å²) in [5.41, 5.74) is 0.635. The molecular formula is C12H13F2N3O. The lowest BCUT2D eigenvalue weighted by atomic mass is 10.2. The number of hydrogen-bond acceptors (Lipinski definition) is 3. The predicted octanol–water partition coefficient (Wildman–Crippen LogP) is 3.20. The molecule has 6 heteroatoms. The van der Waals surface area contributed by atoms with Crippen molar-refractivity contribution in [2.45, 2.75) is 26.4 Å². The highest BCUT2D eigenvalue weighted by molar-refractivity contribution is 5.57. The highest BCUT2D eigenvalue weighted by Gasteiger charge is 2.10. The Hall–Kier alpha value is -1.98. The Balaban J connectivity index is 2.26. The minimum atomic E-state index is -2.83. The Morgan fingerprint density at radius 2 is 2.06 bits per heavy atom. The van der Waals surface area contributed by atoms with Gasteiger partial charge < -0.3 is 4.74 Å². The third kappa shape index (κ3) is 2.82. The van der Waals surface area contributed by atoms with Gasteiger partial charge in [0.25, 0.3) is 0 Å². The Morgan fingerprint density at radius 3 is 2.67 bits per heavy atom. The van der Waals surface area contributed by atoms with Crippen LogP contribution in [0.15, 0.2) is 24.3 Å². The molecule has 96 valence electrons. The van der Waals surface area contributed by atoms with Gasteiger partial charge in [-0.3, -0.25) is 5.10 Å². The SMILES string of the molecule is CC(C)c1nc(-c2cccc(OC(F)F)c2)n[nH]1. The van der Waals surface area contributed by atoms with Gasteiger partial charge in [-0.05, 0) is 12.1 Å². The van der Waals surface area contributed by atoms with E-state index in [4.69, 9.17) is 0 Å². The standard InChI is InChI=1S/C12H13F2N3O/c1-7(2)10-15-11(17-16-10)8-4-3-5-9(6-8)18-12(13)14/h3-7,12H,1-2H3,(H,15,16,17). The van der Waals surface area contributed by atoms with Gasteiger partial charge in [-0.2, -0.15) is 13.9 Å². The molecular weight excluding hydrogens is 240 g/mol. The first-order valence-electron chi connectivity index (χ1n) is 5.54. The van der Waals surface area contributed by atoms with E-state index in [2.05, 4.69) is 19.9 Å². The summed E-state index contributed by atoms with van der Waals surface area (Å²) in [6.07, 6.45) is 0. The second kappa shape index (κ2) is 5.12. The minimum Gasteiger partial charge on any atom is -0.435 e. The minimum absolute atomic E-state index is 0.0957. The quantitative estimate of drug-likeness (QED) is 0.910. The molecule has 1 aromatic carbocycles. The van der Waals surface area contributed by atoms with Crippen LogP contribution in [0.1, 0.15) is 25.6 Å². The first kappa shape index (κ1) is 12.5. The lowest BCUT2D eigenvalue weighted by Gasteiger charge is -2.04. The van der Waals surface area contributed by atoms with Gasteiger partial charge in [-0.1, -0.05) is 26.0 Å². The summed E-state index contributed by atoms with van der Waals surface area (Å²) in [6, 6.07) is 6.31. The average Bonchev–Trinajstić information content (AvgIpc) is 2.77. The van der Waals surface area contributed by atoms with Gasteiger partial charge in [0.1, 0.15) is 11.6 Å². The van der Waals surface area contributed by atoms with E-state index in [1.807, 2.05) is 13.8 Å². The topological polar surface area (TPSA) is 50.8 Å². The largest absolute Gasteiger partial charge is 0.435 e. The van der Waals surface area contributed by atoms with Crippen molar-refractivity contribution in [2.24, 2.45) is 0 Å². The molecule has 1 N–H and O–H groups in total. The number of aromatic amines is 1. The molecule has 0 aliphatic heterocycles. The summed E-state index contributed by atoms with van der Waals surface area (Å²) in [7, 11) is 0. The van der Waals surface area contributed by atoms with E-state index in [-0.39, 0.29) is 11.7 Å². The van der Waals surface area contributed by atoms with Crippen molar-refractivity contribution < 1.29 is 13.5 Å². The summed E-state index contributed by atoms with van der Waals surface area (Å²) in [6.45, 7) is 1.14. The second-order valence-electron chi connectivity index (χ2n) is 4.11. The fourth-order valence-corrected chi connectivity index (χ4v) is 1.47. The molecule has 0 amide bonds. The number of benzene rings is 1. The van der Waals surface area contributed by atoms with Gasteiger partial charge in [0.05, 0.1) is 0 Å². The van der Waals surface area contributed by atoms with Crippen molar-refractivity contribution in [3.8, 4) is 17.1 Å². The van der Waals surface area contributed by atoms with Crippen LogP contribution in [0.4, 0.5) is 8.78 Å². The normalized spacial score (nSPS) is 11.2. The summed E-state index contributed by atoms with van der Waals surface area (Å²) in [5.74, 6) is 1.55. The smallest absolute Gasteiger partial charge is 0.387 e. The molecule has 4 nitrogen and oxygen atoms in total. The van der Waals surface area contributed by atoms with E-state index in [1.54, 1.807) is 12.1 Å². The van der Waals surface area contributed by atoms with Gasteiger partial charge in [0, 0.05) is 11.5 Å². The summed E-state index contributed by atoms with van der Waals surface area (Å²) >= 11 is 0. The number of aromatic nitrogens is 3. The Labute approximate surface area is 103 Å². The van der Waals surface area contributed by atoms with E-state index in [9.17, 15) is 8.78 Å². The predicted molar refractivity (Wildman–Crippen MR) is 62.5 cm³/mol. The van der Waals surface area contributed by atoms with Crippen LogP contribution in [0, 0.1) is 0 Å². The fraction of sp³-hybridized carbons (Fsp3) is 0.333. The molecule has 0 saturated heterocycles. The lowest BCUT2D eigenvalue weighted by molar-refractivity contribution is -0.0498. The van der Waals surface area contributed by atoms with E-state index >= 15 is 0 Å². The van der Waals surface area contributed by atoms with Crippen LogP contribution in [0.25, 0.3) is 11.4 Å². The maximum Gasteiger partial charge on any atom is 0.387 e. The third-order valence-corrected chi connectivity index (χ3v) is 2.37. The van der Waals surface area contributed by atoms with Gasteiger partial charge in [0.2, 0.25) is 0 Å². The molecule has 0 fully saturated rings. The van der Waals surface area contributed by atoms with Gasteiger partial charge in [-0.25, -0.2) is 4.98 Å². The summed E-state index contributed by atoms with van der Waals surface area (Å²) in [4.78, 5) is 4.29. The number of ether oxygens (including phenoxy) is 1. The first-order valence-corrected chi connectivity index (χ1v) is 5.54. The van der Waals surface area contributed by atoms with Crippen molar-refractivity contribution in [1.29, 1.82) is 0 Å². The van der Waals surface area contributed by atoms with E-state index in [0.29, 0.717) is 11.4 Å². The van der Waals surface area contributed by atoms with Crippen molar-refractivity contribution in [2.75, 3.05) is 0 Å². The Bertz CT molecular complexity index is 526. The molecule has 0 radical (unpaired) electrons. The molecule has 0 saturated carbocycles. The van der Waals surface area contributed by atoms with Crippen LogP contribution < -0.4 is 4.74 Å². The zero-order valence-electron chi connectivity index (χ0n) is 10.0. The molecule has 0 aliphatic rings. The van der Waals surface area contributed by atoms with Crippen molar-refractivity contribution in [3.63, 3.8) is 0 Å². The zero-order valence-corrected chi connectivity index (χ0v) is 10.0. The third-order valence-electron chi connectivity index (χ3n) is 2.37. The van der Waals surface area contributed by atoms with Crippen molar-refractivity contribution >= 4 is 0 Å². The second-order valence-corrected chi connectivity index (χ2v) is 4.11. The van der Waals surface area contributed by atoms with Crippen LogP contribution in [0.5, 0.6) is 5.75 Å². The highest BCUT2D eigenvalue weighted by Crippen LogP contribution is 2.23. The average molecular weight is 253 g/mol. The maximum absolute atomic E-state index is 12.1. The van der Waals surface area contributed by atoms with Gasteiger partial charge in [0.15, 0.2) is 5.82 Å². The number of H-pyrrole nitrogens is 1. The number of alkyl halides is 2. The fourth-order valence-electron chi connectivity index (χ4n) is 1.47. The molecule has 0 bridgehead atoms. The van der Waals surface area contributed by atoms with Crippen molar-refractivity contribution in [1.82, 2.24) is 15.2 Å². The molecule has 18 heavy (non-hydrogen) atoms. The number of nitrogens with zero attached hydrogens (tertiary/aromatic N) is 2. The summed E-state index contributed by atoms with van der Waals surface area (Å²) < 4.78 is 28.5. The van der Waals surface area contributed by atoms with E-state index in [1.165, 1.54) is 12.1 Å². The van der Waals surface area contributed by atoms with Crippen LogP contribution in [0.2, 0.25) is 0 Å². The molecule has 0 unspecified atom stereocenters. The number of halogens is 2. The van der Waals surface area contributed by atoms with Gasteiger partial charge >= 0.3 is 6.61 Å². The zero-order chi connectivity index (χ0) is 13.1. The number of nitrogens with one attached hydrogen (secondary N) is 1. The van der Waals surface area contributed by atoms with E-state index in [0.717, 1.165) is 5.82 Å². The first-order chi connectivity index (χ1) is 8.56. The molecule has 1 heterocycles. The molecule has 0 spiro atoms. The molecule has 0 aliphatic carbocycles. The Morgan fingerprint density at radius 1 is 1.28 bits per heavy atom. The monoisotopic (exact) mass is 253 g/mol. The van der Waals surface area contributed by atoms with Crippen LogP contribution in [0.3, 0.4) is 0 Å². The molecule has 2 rings (SSSR count). The Kier molecular flexibility index (Phi) is 3.55. The highest BCUT2D eigenvalue weighted by atomic mass is 19.3. The van der Waals surface area contributed by atoms with Gasteiger partial charge in [-0.15, -0.1) is 0 Å². The maximum atomic E-state index is 12.1. The van der Waals surface area contributed by atoms with Crippen LogP contribution in [-0.4, -0.2) is 21.8 Å². The van der Waals surface area contributed by atoms with E-state index < -0.39 is 6.61 Å².